The predicted molar refractivity (Wildman–Crippen MR) is 140 cm³/mol. The van der Waals surface area contributed by atoms with E-state index in [9.17, 15) is 0 Å². The Hall–Kier alpha value is -1.43. The Labute approximate surface area is 194 Å². The molecular formula is C28H34BrP. The van der Waals surface area contributed by atoms with E-state index in [2.05, 4.69) is 91.9 Å². The van der Waals surface area contributed by atoms with E-state index < -0.39 is 7.92 Å². The van der Waals surface area contributed by atoms with Crippen LogP contribution in [0.15, 0.2) is 84.9 Å². The first-order chi connectivity index (χ1) is 14.3. The molecule has 30 heavy (non-hydrogen) atoms. The minimum Gasteiger partial charge on any atom is -0.114 e. The molecule has 0 unspecified atom stereocenters. The highest BCUT2D eigenvalue weighted by Gasteiger charge is 2.24. The highest BCUT2D eigenvalue weighted by Crippen LogP contribution is 2.37. The van der Waals surface area contributed by atoms with Crippen molar-refractivity contribution in [2.75, 3.05) is 0 Å². The van der Waals surface area contributed by atoms with Crippen molar-refractivity contribution in [3.05, 3.63) is 90.5 Å². The van der Waals surface area contributed by atoms with Gasteiger partial charge in [-0.2, -0.15) is 0 Å². The Morgan fingerprint density at radius 2 is 1.17 bits per heavy atom. The molecule has 0 heterocycles. The Morgan fingerprint density at radius 1 is 0.667 bits per heavy atom. The van der Waals surface area contributed by atoms with Gasteiger partial charge >= 0.3 is 0 Å². The largest absolute Gasteiger partial charge is 0.114 e. The predicted octanol–water partition coefficient (Wildman–Crippen LogP) is 7.17. The molecule has 0 bridgehead atoms. The van der Waals surface area contributed by atoms with Gasteiger partial charge in [-0.3, -0.25) is 0 Å². The van der Waals surface area contributed by atoms with Gasteiger partial charge in [0, 0.05) is 0 Å². The summed E-state index contributed by atoms with van der Waals surface area (Å²) in [7, 11) is -0.508. The van der Waals surface area contributed by atoms with Gasteiger partial charge in [-0.1, -0.05) is 118 Å². The van der Waals surface area contributed by atoms with Gasteiger partial charge in [0.1, 0.15) is 0 Å². The van der Waals surface area contributed by atoms with Crippen LogP contribution in [0.5, 0.6) is 0 Å². The van der Waals surface area contributed by atoms with Crippen LogP contribution in [0.1, 0.15) is 51.0 Å². The average molecular weight is 481 g/mol. The fraction of sp³-hybridized carbons (Fsp3) is 0.357. The molecule has 3 aromatic rings. The van der Waals surface area contributed by atoms with Crippen LogP contribution in [-0.4, -0.2) is 0 Å². The molecule has 158 valence electrons. The lowest BCUT2D eigenvalue weighted by Crippen LogP contribution is -2.25. The van der Waals surface area contributed by atoms with Gasteiger partial charge < -0.3 is 0 Å². The molecule has 0 amide bonds. The molecule has 0 N–H and O–H groups in total. The second kappa shape index (κ2) is 11.8. The molecule has 0 aliphatic heterocycles. The Bertz CT molecular complexity index is 830. The second-order valence-electron chi connectivity index (χ2n) is 8.51. The first-order valence-corrected chi connectivity index (χ1v) is 12.7. The van der Waals surface area contributed by atoms with Gasteiger partial charge in [-0.05, 0) is 60.5 Å². The smallest absolute Gasteiger partial charge is 0.0119 e. The van der Waals surface area contributed by atoms with Crippen LogP contribution >= 0.6 is 24.9 Å². The normalized spacial score (nSPS) is 18.7. The SMILES string of the molecule is Br.CCC[C@H]1CC[C@H](Cc2ccccc2P(c2ccccc2)c2ccccc2)CC1. The molecule has 3 aromatic carbocycles. The molecule has 4 rings (SSSR count). The summed E-state index contributed by atoms with van der Waals surface area (Å²) < 4.78 is 0. The van der Waals surface area contributed by atoms with Crippen molar-refractivity contribution in [1.82, 2.24) is 0 Å². The van der Waals surface area contributed by atoms with Crippen molar-refractivity contribution in [3.8, 4) is 0 Å². The molecule has 2 heteroatoms. The van der Waals surface area contributed by atoms with Crippen LogP contribution in [0.4, 0.5) is 0 Å². The van der Waals surface area contributed by atoms with E-state index in [0.717, 1.165) is 11.8 Å². The summed E-state index contributed by atoms with van der Waals surface area (Å²) in [6.45, 7) is 2.33. The van der Waals surface area contributed by atoms with Gasteiger partial charge in [-0.15, -0.1) is 17.0 Å². The second-order valence-corrected chi connectivity index (χ2v) is 10.7. The highest BCUT2D eigenvalue weighted by molar-refractivity contribution is 8.93. The van der Waals surface area contributed by atoms with Crippen LogP contribution in [0.25, 0.3) is 0 Å². The standard InChI is InChI=1S/C28H33P.BrH/c1-2-11-23-18-20-24(21-19-23)22-25-12-9-10-17-28(25)29(26-13-5-3-6-14-26)27-15-7-4-8-16-27;/h3-10,12-17,23-24H,2,11,18-22H2,1H3;1H/t23-,24-;. The van der Waals surface area contributed by atoms with Crippen LogP contribution in [-0.2, 0) is 6.42 Å². The first kappa shape index (κ1) is 23.2. The number of benzene rings is 3. The third-order valence-corrected chi connectivity index (χ3v) is 8.98. The summed E-state index contributed by atoms with van der Waals surface area (Å²) in [6.07, 6.45) is 9.71. The topological polar surface area (TPSA) is 0 Å². The molecule has 0 radical (unpaired) electrons. The number of hydrogen-bond acceptors (Lipinski definition) is 0. The number of rotatable bonds is 7. The maximum absolute atomic E-state index is 2.40. The zero-order valence-electron chi connectivity index (χ0n) is 18.0. The Morgan fingerprint density at radius 3 is 1.73 bits per heavy atom. The van der Waals surface area contributed by atoms with Crippen LogP contribution in [0.2, 0.25) is 0 Å². The monoisotopic (exact) mass is 480 g/mol. The van der Waals surface area contributed by atoms with E-state index in [1.807, 2.05) is 0 Å². The van der Waals surface area contributed by atoms with Crippen molar-refractivity contribution < 1.29 is 0 Å². The zero-order chi connectivity index (χ0) is 19.9. The first-order valence-electron chi connectivity index (χ1n) is 11.3. The molecule has 1 saturated carbocycles. The van der Waals surface area contributed by atoms with Crippen molar-refractivity contribution in [2.45, 2.75) is 51.9 Å². The Kier molecular flexibility index (Phi) is 9.16. The molecule has 0 spiro atoms. The lowest BCUT2D eigenvalue weighted by Gasteiger charge is -2.30. The van der Waals surface area contributed by atoms with Crippen LogP contribution in [0.3, 0.4) is 0 Å². The lowest BCUT2D eigenvalue weighted by molar-refractivity contribution is 0.261. The summed E-state index contributed by atoms with van der Waals surface area (Å²) in [4.78, 5) is 0. The van der Waals surface area contributed by atoms with E-state index in [-0.39, 0.29) is 17.0 Å². The summed E-state index contributed by atoms with van der Waals surface area (Å²) >= 11 is 0. The van der Waals surface area contributed by atoms with Gasteiger partial charge in [0.2, 0.25) is 0 Å². The third-order valence-electron chi connectivity index (χ3n) is 6.43. The highest BCUT2D eigenvalue weighted by atomic mass is 79.9. The summed E-state index contributed by atoms with van der Waals surface area (Å²) in [5.41, 5.74) is 1.57. The molecule has 0 saturated heterocycles. The summed E-state index contributed by atoms with van der Waals surface area (Å²) in [5.74, 6) is 1.84. The van der Waals surface area contributed by atoms with E-state index in [0.29, 0.717) is 0 Å². The van der Waals surface area contributed by atoms with Crippen molar-refractivity contribution >= 4 is 40.8 Å². The van der Waals surface area contributed by atoms with E-state index in [1.165, 1.54) is 55.6 Å². The number of hydrogen-bond donors (Lipinski definition) is 0. The zero-order valence-corrected chi connectivity index (χ0v) is 20.7. The Balaban J connectivity index is 0.00000256. The van der Waals surface area contributed by atoms with Gasteiger partial charge in [-0.25, -0.2) is 0 Å². The van der Waals surface area contributed by atoms with Crippen molar-refractivity contribution in [1.29, 1.82) is 0 Å². The molecular weight excluding hydrogens is 447 g/mol. The maximum atomic E-state index is 2.40. The fourth-order valence-electron chi connectivity index (χ4n) is 4.93. The molecule has 1 fully saturated rings. The minimum absolute atomic E-state index is 0. The average Bonchev–Trinajstić information content (AvgIpc) is 2.78. The van der Waals surface area contributed by atoms with Gasteiger partial charge in [0.25, 0.3) is 0 Å². The van der Waals surface area contributed by atoms with E-state index >= 15 is 0 Å². The van der Waals surface area contributed by atoms with E-state index in [4.69, 9.17) is 0 Å². The molecule has 0 atom stereocenters. The van der Waals surface area contributed by atoms with Crippen molar-refractivity contribution in [3.63, 3.8) is 0 Å². The maximum Gasteiger partial charge on any atom is -0.0119 e. The quantitative estimate of drug-likeness (QED) is 0.314. The van der Waals surface area contributed by atoms with E-state index in [1.54, 1.807) is 10.9 Å². The summed E-state index contributed by atoms with van der Waals surface area (Å²) in [6, 6.07) is 31.5. The van der Waals surface area contributed by atoms with Gasteiger partial charge in [0.15, 0.2) is 0 Å². The van der Waals surface area contributed by atoms with Crippen LogP contribution < -0.4 is 15.9 Å². The third kappa shape index (κ3) is 5.83. The molecule has 1 aliphatic carbocycles. The molecule has 0 aromatic heterocycles. The minimum atomic E-state index is -0.508. The van der Waals surface area contributed by atoms with Crippen LogP contribution in [0, 0.1) is 11.8 Å². The molecule has 0 nitrogen and oxygen atoms in total. The summed E-state index contributed by atoms with van der Waals surface area (Å²) in [5, 5.41) is 4.45. The lowest BCUT2D eigenvalue weighted by atomic mass is 9.78. The fourth-order valence-corrected chi connectivity index (χ4v) is 7.41. The molecule has 1 aliphatic rings. The van der Waals surface area contributed by atoms with Gasteiger partial charge in [0.05, 0.1) is 0 Å². The van der Waals surface area contributed by atoms with Crippen molar-refractivity contribution in [2.24, 2.45) is 11.8 Å². The number of halogens is 1.